The van der Waals surface area contributed by atoms with Crippen molar-refractivity contribution in [3.8, 4) is 0 Å². The molecule has 0 spiro atoms. The first kappa shape index (κ1) is 12.9. The van der Waals surface area contributed by atoms with Gasteiger partial charge in [-0.05, 0) is 13.8 Å². The molecule has 1 aromatic rings. The Balaban J connectivity index is 2.82. The fourth-order valence-electron chi connectivity index (χ4n) is 0.949. The van der Waals surface area contributed by atoms with Crippen molar-refractivity contribution < 1.29 is 19.4 Å². The molecular weight excluding hydrogens is 226 g/mol. The highest BCUT2D eigenvalue weighted by molar-refractivity contribution is 5.88. The van der Waals surface area contributed by atoms with E-state index in [0.29, 0.717) is 0 Å². The summed E-state index contributed by atoms with van der Waals surface area (Å²) in [7, 11) is 1.25. The molecule has 1 heterocycles. The van der Waals surface area contributed by atoms with Crippen molar-refractivity contribution in [2.75, 3.05) is 12.4 Å². The van der Waals surface area contributed by atoms with Crippen molar-refractivity contribution in [2.45, 2.75) is 19.4 Å². The Bertz CT molecular complexity index is 428. The first-order chi connectivity index (χ1) is 7.86. The topological polar surface area (TPSA) is 101 Å². The monoisotopic (exact) mass is 239 g/mol. The van der Waals surface area contributed by atoms with Crippen LogP contribution in [0.15, 0.2) is 12.4 Å². The van der Waals surface area contributed by atoms with Crippen LogP contribution in [0.1, 0.15) is 24.2 Å². The maximum atomic E-state index is 11.1. The predicted molar refractivity (Wildman–Crippen MR) is 58.7 cm³/mol. The molecule has 0 amide bonds. The molecule has 0 atom stereocenters. The Hall–Kier alpha value is -2.18. The molecule has 1 rings (SSSR count). The van der Waals surface area contributed by atoms with Gasteiger partial charge in [-0.3, -0.25) is 0 Å². The summed E-state index contributed by atoms with van der Waals surface area (Å²) in [4.78, 5) is 29.6. The Morgan fingerprint density at radius 1 is 1.35 bits per heavy atom. The number of nitrogens with one attached hydrogen (secondary N) is 1. The molecule has 7 heteroatoms. The van der Waals surface area contributed by atoms with Crippen LogP contribution in [0.25, 0.3) is 0 Å². The van der Waals surface area contributed by atoms with Crippen molar-refractivity contribution >= 4 is 17.9 Å². The molecule has 17 heavy (non-hydrogen) atoms. The predicted octanol–water partition coefficient (Wildman–Crippen LogP) is 0.538. The number of aliphatic carboxylic acids is 1. The highest BCUT2D eigenvalue weighted by atomic mass is 16.5. The number of methoxy groups -OCH3 is 1. The number of nitrogens with zero attached hydrogens (tertiary/aromatic N) is 2. The van der Waals surface area contributed by atoms with Gasteiger partial charge in [0.2, 0.25) is 5.95 Å². The molecule has 0 fully saturated rings. The van der Waals surface area contributed by atoms with E-state index in [1.807, 2.05) is 0 Å². The van der Waals surface area contributed by atoms with Crippen LogP contribution >= 0.6 is 0 Å². The van der Waals surface area contributed by atoms with Gasteiger partial charge in [0.15, 0.2) is 0 Å². The van der Waals surface area contributed by atoms with Gasteiger partial charge in [0, 0.05) is 12.4 Å². The number of carboxylic acids is 1. The average Bonchev–Trinajstić information content (AvgIpc) is 2.28. The summed E-state index contributed by atoms with van der Waals surface area (Å²) in [5, 5.41) is 11.5. The largest absolute Gasteiger partial charge is 0.480 e. The number of hydrogen-bond donors (Lipinski definition) is 2. The number of anilines is 1. The van der Waals surface area contributed by atoms with E-state index < -0.39 is 17.5 Å². The van der Waals surface area contributed by atoms with Crippen LogP contribution < -0.4 is 5.32 Å². The third kappa shape index (κ3) is 3.13. The molecular formula is C10H13N3O4. The maximum Gasteiger partial charge on any atom is 0.341 e. The van der Waals surface area contributed by atoms with Gasteiger partial charge < -0.3 is 15.2 Å². The first-order valence-electron chi connectivity index (χ1n) is 4.79. The molecule has 2 N–H and O–H groups in total. The number of carbonyl (C=O) groups excluding carboxylic acids is 1. The second-order valence-electron chi connectivity index (χ2n) is 3.84. The summed E-state index contributed by atoms with van der Waals surface area (Å²) < 4.78 is 4.48. The first-order valence-corrected chi connectivity index (χ1v) is 4.79. The van der Waals surface area contributed by atoms with Crippen molar-refractivity contribution in [3.05, 3.63) is 18.0 Å². The second kappa shape index (κ2) is 4.77. The molecule has 0 bridgehead atoms. The van der Waals surface area contributed by atoms with Crippen molar-refractivity contribution in [1.82, 2.24) is 9.97 Å². The number of rotatable bonds is 4. The molecule has 0 aliphatic carbocycles. The van der Waals surface area contributed by atoms with Gasteiger partial charge >= 0.3 is 11.9 Å². The number of carbonyl (C=O) groups is 2. The molecule has 0 unspecified atom stereocenters. The highest BCUT2D eigenvalue weighted by Crippen LogP contribution is 2.10. The third-order valence-electron chi connectivity index (χ3n) is 2.03. The summed E-state index contributed by atoms with van der Waals surface area (Å²) in [6, 6.07) is 0. The molecule has 0 saturated heterocycles. The molecule has 7 nitrogen and oxygen atoms in total. The van der Waals surface area contributed by atoms with Crippen LogP contribution in [0.5, 0.6) is 0 Å². The fraction of sp³-hybridized carbons (Fsp3) is 0.400. The van der Waals surface area contributed by atoms with Crippen LogP contribution in [0.4, 0.5) is 5.95 Å². The molecule has 0 radical (unpaired) electrons. The summed E-state index contributed by atoms with van der Waals surface area (Å²) in [6.45, 7) is 2.96. The van der Waals surface area contributed by atoms with E-state index in [0.717, 1.165) is 0 Å². The molecule has 0 aliphatic rings. The lowest BCUT2D eigenvalue weighted by molar-refractivity contribution is -0.141. The van der Waals surface area contributed by atoms with E-state index in [1.165, 1.54) is 33.4 Å². The van der Waals surface area contributed by atoms with Gasteiger partial charge in [-0.2, -0.15) is 0 Å². The van der Waals surface area contributed by atoms with Crippen LogP contribution in [-0.4, -0.2) is 39.7 Å². The summed E-state index contributed by atoms with van der Waals surface area (Å²) >= 11 is 0. The number of aromatic nitrogens is 2. The van der Waals surface area contributed by atoms with Gasteiger partial charge in [0.05, 0.1) is 12.7 Å². The maximum absolute atomic E-state index is 11.1. The molecule has 0 aromatic carbocycles. The van der Waals surface area contributed by atoms with Gasteiger partial charge in [-0.1, -0.05) is 0 Å². The smallest absolute Gasteiger partial charge is 0.341 e. The van der Waals surface area contributed by atoms with E-state index in [1.54, 1.807) is 0 Å². The lowest BCUT2D eigenvalue weighted by Gasteiger charge is -2.20. The Morgan fingerprint density at radius 2 is 1.88 bits per heavy atom. The van der Waals surface area contributed by atoms with Crippen molar-refractivity contribution in [3.63, 3.8) is 0 Å². The Morgan fingerprint density at radius 3 is 2.29 bits per heavy atom. The van der Waals surface area contributed by atoms with E-state index in [-0.39, 0.29) is 11.5 Å². The van der Waals surface area contributed by atoms with Crippen molar-refractivity contribution in [2.24, 2.45) is 0 Å². The molecule has 92 valence electrons. The third-order valence-corrected chi connectivity index (χ3v) is 2.03. The van der Waals surface area contributed by atoms with E-state index in [4.69, 9.17) is 5.11 Å². The van der Waals surface area contributed by atoms with Gasteiger partial charge in [0.25, 0.3) is 0 Å². The van der Waals surface area contributed by atoms with E-state index >= 15 is 0 Å². The van der Waals surface area contributed by atoms with Crippen LogP contribution in [0.2, 0.25) is 0 Å². The standard InChI is InChI=1S/C10H13N3O4/c1-10(2,8(15)16)13-9-11-4-6(5-12-9)7(14)17-3/h4-5H,1-3H3,(H,15,16)(H,11,12,13). The van der Waals surface area contributed by atoms with E-state index in [9.17, 15) is 9.59 Å². The summed E-state index contributed by atoms with van der Waals surface area (Å²) in [6.07, 6.45) is 2.53. The normalized spacial score (nSPS) is 10.8. The number of ether oxygens (including phenoxy) is 1. The number of carboxylic acid groups (broad SMARTS) is 1. The molecule has 0 aliphatic heterocycles. The Kier molecular flexibility index (Phi) is 3.62. The lowest BCUT2D eigenvalue weighted by atomic mass is 10.1. The van der Waals surface area contributed by atoms with Crippen LogP contribution in [-0.2, 0) is 9.53 Å². The molecule has 1 aromatic heterocycles. The minimum absolute atomic E-state index is 0.130. The van der Waals surface area contributed by atoms with Gasteiger partial charge in [-0.25, -0.2) is 19.6 Å². The van der Waals surface area contributed by atoms with Gasteiger partial charge in [0.1, 0.15) is 5.54 Å². The van der Waals surface area contributed by atoms with E-state index in [2.05, 4.69) is 20.0 Å². The van der Waals surface area contributed by atoms with Gasteiger partial charge in [-0.15, -0.1) is 0 Å². The number of esters is 1. The summed E-state index contributed by atoms with van der Waals surface area (Å²) in [5.41, 5.74) is -0.988. The minimum atomic E-state index is -1.19. The second-order valence-corrected chi connectivity index (χ2v) is 3.84. The zero-order chi connectivity index (χ0) is 13.1. The zero-order valence-electron chi connectivity index (χ0n) is 9.72. The van der Waals surface area contributed by atoms with Crippen LogP contribution in [0, 0.1) is 0 Å². The van der Waals surface area contributed by atoms with Crippen molar-refractivity contribution in [1.29, 1.82) is 0 Å². The minimum Gasteiger partial charge on any atom is -0.480 e. The zero-order valence-corrected chi connectivity index (χ0v) is 9.72. The Labute approximate surface area is 97.8 Å². The number of hydrogen-bond acceptors (Lipinski definition) is 6. The quantitative estimate of drug-likeness (QED) is 0.739. The molecule has 0 saturated carbocycles. The fourth-order valence-corrected chi connectivity index (χ4v) is 0.949. The average molecular weight is 239 g/mol. The lowest BCUT2D eigenvalue weighted by Crippen LogP contribution is -2.40. The van der Waals surface area contributed by atoms with Crippen LogP contribution in [0.3, 0.4) is 0 Å². The summed E-state index contributed by atoms with van der Waals surface area (Å²) in [5.74, 6) is -1.45. The highest BCUT2D eigenvalue weighted by Gasteiger charge is 2.27. The SMILES string of the molecule is COC(=O)c1cnc(NC(C)(C)C(=O)O)nc1.